The number of hydrogen-bond donors (Lipinski definition) is 1. The van der Waals surface area contributed by atoms with Gasteiger partial charge in [-0.15, -0.1) is 0 Å². The molecular weight excluding hydrogens is 366 g/mol. The number of hydrogen-bond acceptors (Lipinski definition) is 6. The summed E-state index contributed by atoms with van der Waals surface area (Å²) in [5.74, 6) is -0.0992. The molecule has 1 N–H and O–H groups in total. The van der Waals surface area contributed by atoms with E-state index in [2.05, 4.69) is 10.3 Å². The average Bonchev–Trinajstić information content (AvgIpc) is 2.87. The summed E-state index contributed by atoms with van der Waals surface area (Å²) in [5, 5.41) is 3.04. The fourth-order valence-electron chi connectivity index (χ4n) is 2.75. The molecule has 2 fully saturated rings. The van der Waals surface area contributed by atoms with Gasteiger partial charge in [-0.2, -0.15) is 4.99 Å². The normalized spacial score (nSPS) is 26.6. The van der Waals surface area contributed by atoms with Crippen molar-refractivity contribution >= 4 is 38.8 Å². The van der Waals surface area contributed by atoms with E-state index in [4.69, 9.17) is 4.74 Å². The van der Waals surface area contributed by atoms with Crippen LogP contribution in [0.4, 0.5) is 4.79 Å². The van der Waals surface area contributed by atoms with Gasteiger partial charge in [0.1, 0.15) is 5.60 Å². The Labute approximate surface area is 152 Å². The minimum Gasteiger partial charge on any atom is -0.444 e. The molecule has 0 aromatic carbocycles. The molecule has 0 saturated carbocycles. The van der Waals surface area contributed by atoms with Crippen molar-refractivity contribution in [3.63, 3.8) is 0 Å². The summed E-state index contributed by atoms with van der Waals surface area (Å²) in [6, 6.07) is -0.105. The van der Waals surface area contributed by atoms with Crippen molar-refractivity contribution in [3.05, 3.63) is 0 Å². The van der Waals surface area contributed by atoms with Crippen LogP contribution in [0, 0.1) is 0 Å². The van der Waals surface area contributed by atoms with Crippen LogP contribution in [-0.4, -0.2) is 72.0 Å². The molecule has 0 aliphatic carbocycles. The zero-order chi connectivity index (χ0) is 18.8. The van der Waals surface area contributed by atoms with E-state index >= 15 is 0 Å². The number of carbonyl (C=O) groups excluding carboxylic acids is 2. The molecule has 8 nitrogen and oxygen atoms in total. The molecule has 0 radical (unpaired) electrons. The van der Waals surface area contributed by atoms with Crippen molar-refractivity contribution in [3.8, 4) is 0 Å². The summed E-state index contributed by atoms with van der Waals surface area (Å²) in [6.45, 7) is 7.94. The Balaban J connectivity index is 1.86. The number of rotatable bonds is 4. The first-order valence-electron chi connectivity index (χ1n) is 8.23. The molecule has 2 heterocycles. The second-order valence-corrected chi connectivity index (χ2v) is 10.4. The molecule has 2 aliphatic rings. The average molecular weight is 392 g/mol. The lowest BCUT2D eigenvalue weighted by Crippen LogP contribution is -2.37. The Bertz CT molecular complexity index is 669. The lowest BCUT2D eigenvalue weighted by Gasteiger charge is -2.22. The molecule has 142 valence electrons. The maximum absolute atomic E-state index is 12.0. The maximum atomic E-state index is 12.0. The molecule has 0 bridgehead atoms. The molecule has 2 rings (SSSR count). The highest BCUT2D eigenvalue weighted by molar-refractivity contribution is 8.15. The number of nitrogens with zero attached hydrogens (tertiary/aromatic N) is 2. The number of nitrogens with one attached hydrogen (secondary N) is 1. The number of amidine groups is 1. The zero-order valence-electron chi connectivity index (χ0n) is 14.9. The highest BCUT2D eigenvalue weighted by atomic mass is 32.2. The Morgan fingerprint density at radius 1 is 1.36 bits per heavy atom. The molecule has 2 saturated heterocycles. The van der Waals surface area contributed by atoms with Crippen molar-refractivity contribution in [1.29, 1.82) is 0 Å². The Kier molecular flexibility index (Phi) is 6.03. The fraction of sp³-hybridized carbons (Fsp3) is 0.800. The van der Waals surface area contributed by atoms with Crippen molar-refractivity contribution < 1.29 is 22.7 Å². The van der Waals surface area contributed by atoms with Gasteiger partial charge in [0.2, 0.25) is 5.91 Å². The van der Waals surface area contributed by atoms with Crippen LogP contribution >= 0.6 is 11.8 Å². The number of ether oxygens (including phenoxy) is 1. The van der Waals surface area contributed by atoms with Crippen molar-refractivity contribution in [2.75, 3.05) is 24.6 Å². The predicted molar refractivity (Wildman–Crippen MR) is 97.5 cm³/mol. The molecule has 0 unspecified atom stereocenters. The lowest BCUT2D eigenvalue weighted by molar-refractivity contribution is -0.117. The van der Waals surface area contributed by atoms with Gasteiger partial charge in [-0.05, 0) is 27.7 Å². The summed E-state index contributed by atoms with van der Waals surface area (Å²) in [6.07, 6.45) is -0.507. The van der Waals surface area contributed by atoms with Gasteiger partial charge in [0.15, 0.2) is 15.0 Å². The lowest BCUT2D eigenvalue weighted by atomic mass is 10.2. The van der Waals surface area contributed by atoms with Crippen molar-refractivity contribution in [2.24, 2.45) is 4.99 Å². The number of fused-ring (bicyclic) bond motifs is 1. The van der Waals surface area contributed by atoms with Crippen LogP contribution in [0.5, 0.6) is 0 Å². The number of amides is 2. The van der Waals surface area contributed by atoms with Crippen LogP contribution in [0.15, 0.2) is 4.99 Å². The number of aliphatic imine (C=N–C) groups is 1. The van der Waals surface area contributed by atoms with E-state index in [1.165, 1.54) is 11.8 Å². The van der Waals surface area contributed by atoms with Crippen LogP contribution in [-0.2, 0) is 19.4 Å². The summed E-state index contributed by atoms with van der Waals surface area (Å²) >= 11 is 1.36. The van der Waals surface area contributed by atoms with Gasteiger partial charge in [-0.3, -0.25) is 4.79 Å². The maximum Gasteiger partial charge on any atom is 0.407 e. The van der Waals surface area contributed by atoms with Gasteiger partial charge in [-0.25, -0.2) is 13.2 Å². The first-order chi connectivity index (χ1) is 11.5. The third-order valence-corrected chi connectivity index (χ3v) is 6.99. The van der Waals surface area contributed by atoms with Gasteiger partial charge in [-0.1, -0.05) is 11.8 Å². The minimum atomic E-state index is -3.00. The third-order valence-electron chi connectivity index (χ3n) is 3.74. The van der Waals surface area contributed by atoms with Crippen LogP contribution in [0.2, 0.25) is 0 Å². The molecule has 2 amide bonds. The topological polar surface area (TPSA) is 105 Å². The minimum absolute atomic E-state index is 0.0589. The first-order valence-corrected chi connectivity index (χ1v) is 10.9. The van der Waals surface area contributed by atoms with E-state index in [9.17, 15) is 18.0 Å². The van der Waals surface area contributed by atoms with Crippen molar-refractivity contribution in [1.82, 2.24) is 10.2 Å². The van der Waals surface area contributed by atoms with Crippen LogP contribution in [0.1, 0.15) is 34.1 Å². The quantitative estimate of drug-likeness (QED) is 0.763. The Morgan fingerprint density at radius 2 is 2.04 bits per heavy atom. The SMILES string of the molecule is CCN1C(=NC(=O)CCNC(=O)OC(C)(C)C)S[C@H]2CS(=O)(=O)C[C@@H]21. The van der Waals surface area contributed by atoms with Crippen LogP contribution in [0.25, 0.3) is 0 Å². The molecule has 0 spiro atoms. The highest BCUT2D eigenvalue weighted by Gasteiger charge is 2.48. The van der Waals surface area contributed by atoms with E-state index in [1.807, 2.05) is 11.8 Å². The van der Waals surface area contributed by atoms with E-state index in [0.717, 1.165) is 0 Å². The second kappa shape index (κ2) is 7.53. The summed E-state index contributed by atoms with van der Waals surface area (Å²) in [4.78, 5) is 29.6. The smallest absolute Gasteiger partial charge is 0.407 e. The zero-order valence-corrected chi connectivity index (χ0v) is 16.6. The van der Waals surface area contributed by atoms with E-state index in [0.29, 0.717) is 11.7 Å². The molecule has 2 aliphatic heterocycles. The molecule has 25 heavy (non-hydrogen) atoms. The third kappa shape index (κ3) is 5.60. The number of carbonyl (C=O) groups is 2. The van der Waals surface area contributed by atoms with E-state index in [1.54, 1.807) is 20.8 Å². The van der Waals surface area contributed by atoms with E-state index < -0.39 is 21.5 Å². The second-order valence-electron chi connectivity index (χ2n) is 7.05. The first kappa shape index (κ1) is 20.0. The predicted octanol–water partition coefficient (Wildman–Crippen LogP) is 1.02. The number of sulfone groups is 1. The monoisotopic (exact) mass is 391 g/mol. The highest BCUT2D eigenvalue weighted by Crippen LogP contribution is 2.37. The number of alkyl carbamates (subject to hydrolysis) is 1. The summed E-state index contributed by atoms with van der Waals surface area (Å²) in [7, 11) is -3.00. The van der Waals surface area contributed by atoms with E-state index in [-0.39, 0.29) is 41.7 Å². The molecular formula is C15H25N3O5S2. The Hall–Kier alpha value is -1.29. The Morgan fingerprint density at radius 3 is 2.64 bits per heavy atom. The fourth-order valence-corrected chi connectivity index (χ4v) is 6.79. The van der Waals surface area contributed by atoms with Gasteiger partial charge in [0.25, 0.3) is 0 Å². The molecule has 10 heteroatoms. The van der Waals surface area contributed by atoms with Gasteiger partial charge >= 0.3 is 6.09 Å². The van der Waals surface area contributed by atoms with Crippen molar-refractivity contribution in [2.45, 2.75) is 51.0 Å². The summed E-state index contributed by atoms with van der Waals surface area (Å²) in [5.41, 5.74) is -0.589. The van der Waals surface area contributed by atoms with Gasteiger partial charge in [0.05, 0.1) is 17.5 Å². The largest absolute Gasteiger partial charge is 0.444 e. The van der Waals surface area contributed by atoms with Crippen LogP contribution < -0.4 is 5.32 Å². The van der Waals surface area contributed by atoms with Gasteiger partial charge in [0, 0.05) is 24.8 Å². The molecule has 2 atom stereocenters. The number of thioether (sulfide) groups is 1. The molecule has 0 aromatic rings. The van der Waals surface area contributed by atoms with Gasteiger partial charge < -0.3 is 15.0 Å². The standard InChI is InChI=1S/C15H25N3O5S2/c1-5-18-10-8-25(21,22)9-11(10)24-13(18)17-12(19)6-7-16-14(20)23-15(2,3)4/h10-11H,5-9H2,1-4H3,(H,16,20)/t10-,11-/m0/s1. The van der Waals surface area contributed by atoms with Crippen LogP contribution in [0.3, 0.4) is 0 Å². The molecule has 0 aromatic heterocycles. The summed E-state index contributed by atoms with van der Waals surface area (Å²) < 4.78 is 28.6.